The molecule has 1 aliphatic rings. The molecule has 2 heterocycles. The van der Waals surface area contributed by atoms with E-state index in [0.29, 0.717) is 33.7 Å². The first-order valence-electron chi connectivity index (χ1n) is 11.2. The molecule has 0 amide bonds. The first kappa shape index (κ1) is 28.3. The average Bonchev–Trinajstić information content (AvgIpc) is 2.80. The summed E-state index contributed by atoms with van der Waals surface area (Å²) >= 11 is 0.149. The van der Waals surface area contributed by atoms with Gasteiger partial charge in [0.05, 0.1) is 24.6 Å². The van der Waals surface area contributed by atoms with E-state index < -0.39 is 0 Å². The third-order valence-corrected chi connectivity index (χ3v) is 9.08. The van der Waals surface area contributed by atoms with Gasteiger partial charge in [-0.15, -0.1) is 0 Å². The Hall–Kier alpha value is -1.71. The number of aliphatic imine (C=N–C) groups is 1. The van der Waals surface area contributed by atoms with Crippen molar-refractivity contribution in [3.8, 4) is 5.75 Å². The van der Waals surface area contributed by atoms with Crippen molar-refractivity contribution < 1.29 is 20.1 Å². The number of ketones is 1. The maximum atomic E-state index is 12.1. The van der Waals surface area contributed by atoms with Crippen LogP contribution in [0.4, 0.5) is 0 Å². The van der Waals surface area contributed by atoms with Crippen molar-refractivity contribution in [3.05, 3.63) is 46.6 Å². The van der Waals surface area contributed by atoms with Crippen LogP contribution in [0.1, 0.15) is 63.3 Å². The van der Waals surface area contributed by atoms with E-state index in [9.17, 15) is 20.1 Å². The van der Waals surface area contributed by atoms with E-state index in [1.54, 1.807) is 22.7 Å². The van der Waals surface area contributed by atoms with E-state index in [-0.39, 0.29) is 52.4 Å². The Morgan fingerprint density at radius 3 is 2.31 bits per heavy atom. The van der Waals surface area contributed by atoms with Crippen LogP contribution in [0.15, 0.2) is 34.7 Å². The summed E-state index contributed by atoms with van der Waals surface area (Å²) in [5.41, 5.74) is 2.57. The molecule has 0 aliphatic carbocycles. The SMILES string of the molecule is CC1=NC=C(CO)/C(=C/NCc2c(CO)cnc(C)c2O)C1=O.CCC[CH2][Sn][CH2]CCC. The van der Waals surface area contributed by atoms with Gasteiger partial charge in [0.25, 0.3) is 0 Å². The third kappa shape index (κ3) is 9.03. The van der Waals surface area contributed by atoms with Crippen molar-refractivity contribution in [2.45, 2.75) is 75.4 Å². The number of aromatic hydroxyl groups is 1. The molecule has 4 N–H and O–H groups in total. The number of carbonyl (C=O) groups excluding carboxylic acids is 1. The fraction of sp³-hybridized carbons (Fsp3) is 0.542. The second-order valence-corrected chi connectivity index (χ2v) is 11.9. The average molecular weight is 550 g/mol. The molecule has 2 rings (SSSR count). The zero-order valence-electron chi connectivity index (χ0n) is 19.7. The van der Waals surface area contributed by atoms with E-state index in [1.165, 1.54) is 44.3 Å². The summed E-state index contributed by atoms with van der Waals surface area (Å²) in [6, 6.07) is 0. The molecule has 0 saturated carbocycles. The summed E-state index contributed by atoms with van der Waals surface area (Å²) < 4.78 is 3.25. The van der Waals surface area contributed by atoms with E-state index in [0.717, 1.165) is 0 Å². The first-order valence-corrected chi connectivity index (χ1v) is 15.3. The van der Waals surface area contributed by atoms with Crippen molar-refractivity contribution in [1.82, 2.24) is 10.3 Å². The van der Waals surface area contributed by atoms with Crippen LogP contribution in [0.3, 0.4) is 0 Å². The van der Waals surface area contributed by atoms with Crippen molar-refractivity contribution in [2.24, 2.45) is 4.99 Å². The van der Waals surface area contributed by atoms with Gasteiger partial charge in [0.2, 0.25) is 5.78 Å². The molecule has 32 heavy (non-hydrogen) atoms. The number of aliphatic hydroxyl groups is 2. The molecule has 0 fully saturated rings. The normalized spacial score (nSPS) is 14.6. The monoisotopic (exact) mass is 551 g/mol. The number of aliphatic hydroxyl groups excluding tert-OH is 2. The van der Waals surface area contributed by atoms with Crippen LogP contribution in [-0.4, -0.2) is 59.5 Å². The third-order valence-electron chi connectivity index (χ3n) is 5.04. The predicted molar refractivity (Wildman–Crippen MR) is 130 cm³/mol. The summed E-state index contributed by atoms with van der Waals surface area (Å²) in [5.74, 6) is -0.255. The number of aryl methyl sites for hydroxylation is 1. The van der Waals surface area contributed by atoms with Crippen molar-refractivity contribution in [1.29, 1.82) is 0 Å². The number of hydrogen-bond donors (Lipinski definition) is 4. The number of aromatic nitrogens is 1. The van der Waals surface area contributed by atoms with E-state index in [4.69, 9.17) is 0 Å². The summed E-state index contributed by atoms with van der Waals surface area (Å²) in [4.78, 5) is 20.0. The molecule has 0 unspecified atom stereocenters. The summed E-state index contributed by atoms with van der Waals surface area (Å²) in [6.07, 6.45) is 10.3. The molecule has 2 radical (unpaired) electrons. The number of nitrogens with one attached hydrogen (secondary N) is 1. The van der Waals surface area contributed by atoms with E-state index in [1.807, 2.05) is 0 Å². The van der Waals surface area contributed by atoms with Crippen molar-refractivity contribution in [2.75, 3.05) is 6.61 Å². The van der Waals surface area contributed by atoms with Crippen LogP contribution in [-0.2, 0) is 17.9 Å². The minimum absolute atomic E-state index is 0.00749. The number of pyridine rings is 1. The van der Waals surface area contributed by atoms with Crippen molar-refractivity contribution >= 4 is 32.6 Å². The number of nitrogens with zero attached hydrogens (tertiary/aromatic N) is 2. The van der Waals surface area contributed by atoms with Gasteiger partial charge in [0.15, 0.2) is 0 Å². The molecule has 176 valence electrons. The number of Topliss-reactive ketones (excluding diaryl/α,β-unsaturated/α-hetero) is 1. The zero-order chi connectivity index (χ0) is 23.9. The number of rotatable bonds is 11. The molecular formula is C24H37N3O4Sn. The summed E-state index contributed by atoms with van der Waals surface area (Å²) in [5, 5.41) is 31.6. The first-order chi connectivity index (χ1) is 15.4. The summed E-state index contributed by atoms with van der Waals surface area (Å²) in [7, 11) is 0. The second kappa shape index (κ2) is 16.0. The van der Waals surface area contributed by atoms with Gasteiger partial charge < -0.3 is 20.6 Å². The Labute approximate surface area is 202 Å². The molecule has 0 aromatic carbocycles. The fourth-order valence-corrected chi connectivity index (χ4v) is 7.09. The topological polar surface area (TPSA) is 115 Å². The Kier molecular flexibility index (Phi) is 14.1. The number of carbonyl (C=O) groups is 1. The van der Waals surface area contributed by atoms with E-state index >= 15 is 0 Å². The Morgan fingerprint density at radius 1 is 1.09 bits per heavy atom. The minimum atomic E-state index is -0.294. The molecule has 1 aromatic rings. The van der Waals surface area contributed by atoms with Gasteiger partial charge in [-0.3, -0.25) is 14.8 Å². The van der Waals surface area contributed by atoms with Gasteiger partial charge in [-0.1, -0.05) is 0 Å². The van der Waals surface area contributed by atoms with Gasteiger partial charge in [-0.2, -0.15) is 0 Å². The van der Waals surface area contributed by atoms with Crippen LogP contribution in [0.25, 0.3) is 0 Å². The number of hydrogen-bond acceptors (Lipinski definition) is 7. The van der Waals surface area contributed by atoms with Gasteiger partial charge in [0.1, 0.15) is 5.75 Å². The van der Waals surface area contributed by atoms with Crippen LogP contribution in [0.2, 0.25) is 8.87 Å². The zero-order valence-corrected chi connectivity index (χ0v) is 22.6. The fourth-order valence-electron chi connectivity index (χ4n) is 2.93. The molecule has 8 heteroatoms. The van der Waals surface area contributed by atoms with Crippen LogP contribution >= 0.6 is 0 Å². The maximum absolute atomic E-state index is 12.1. The predicted octanol–water partition coefficient (Wildman–Crippen LogP) is 3.61. The molecule has 0 saturated heterocycles. The Bertz CT molecular complexity index is 829. The van der Waals surface area contributed by atoms with Crippen LogP contribution in [0.5, 0.6) is 5.75 Å². The molecule has 1 aliphatic heterocycles. The van der Waals surface area contributed by atoms with Gasteiger partial charge in [-0.25, -0.2) is 0 Å². The van der Waals surface area contributed by atoms with Gasteiger partial charge in [0, 0.05) is 47.4 Å². The standard InChI is InChI=1S/C16H19N3O4.2C4H9.Sn/c1-9-15(22)13(11(7-20)3-18-9)5-17-6-14-12(8-21)4-19-10(2)16(14)23;2*1-3-4-2;/h3-5,17,20-21,23H,6-8H2,1-2H3;2*1,3-4H2,2H3;/b13-5-;;;. The molecule has 0 spiro atoms. The van der Waals surface area contributed by atoms with Crippen LogP contribution in [0, 0.1) is 6.92 Å². The molecular weight excluding hydrogens is 513 g/mol. The number of unbranched alkanes of at least 4 members (excludes halogenated alkanes) is 2. The second-order valence-electron chi connectivity index (χ2n) is 7.61. The van der Waals surface area contributed by atoms with Gasteiger partial charge >= 0.3 is 69.5 Å². The van der Waals surface area contributed by atoms with Crippen molar-refractivity contribution in [3.63, 3.8) is 0 Å². The molecule has 7 nitrogen and oxygen atoms in total. The Morgan fingerprint density at radius 2 is 1.75 bits per heavy atom. The van der Waals surface area contributed by atoms with Gasteiger partial charge in [-0.05, 0) is 13.8 Å². The van der Waals surface area contributed by atoms with E-state index in [2.05, 4.69) is 29.1 Å². The quantitative estimate of drug-likeness (QED) is 0.190. The summed E-state index contributed by atoms with van der Waals surface area (Å²) in [6.45, 7) is 7.51. The van der Waals surface area contributed by atoms with Crippen LogP contribution < -0.4 is 5.32 Å². The molecule has 0 bridgehead atoms. The molecule has 0 atom stereocenters. The Balaban J connectivity index is 0.000000482. The molecule has 1 aromatic heterocycles.